The van der Waals surface area contributed by atoms with Crippen molar-refractivity contribution in [1.82, 2.24) is 19.7 Å². The molecular weight excluding hydrogens is 332 g/mol. The lowest BCUT2D eigenvalue weighted by Gasteiger charge is -2.28. The summed E-state index contributed by atoms with van der Waals surface area (Å²) in [6.45, 7) is 8.81. The van der Waals surface area contributed by atoms with Gasteiger partial charge in [0.15, 0.2) is 5.16 Å². The molecule has 2 heterocycles. The number of hydrogen-bond donors (Lipinski definition) is 0. The highest BCUT2D eigenvalue weighted by atomic mass is 32.2. The minimum absolute atomic E-state index is 0.177. The first-order chi connectivity index (χ1) is 12.1. The van der Waals surface area contributed by atoms with Crippen LogP contribution in [-0.4, -0.2) is 37.9 Å². The minimum Gasteiger partial charge on any atom is -0.337 e. The third kappa shape index (κ3) is 4.06. The van der Waals surface area contributed by atoms with Crippen LogP contribution in [0.25, 0.3) is 0 Å². The van der Waals surface area contributed by atoms with Gasteiger partial charge in [-0.25, -0.2) is 0 Å². The van der Waals surface area contributed by atoms with Gasteiger partial charge in [0.2, 0.25) is 5.91 Å². The largest absolute Gasteiger partial charge is 0.337 e. The van der Waals surface area contributed by atoms with Crippen LogP contribution in [0.1, 0.15) is 50.1 Å². The molecule has 134 valence electrons. The van der Waals surface area contributed by atoms with Gasteiger partial charge in [-0.2, -0.15) is 0 Å². The second kappa shape index (κ2) is 8.04. The van der Waals surface area contributed by atoms with Crippen molar-refractivity contribution >= 4 is 17.7 Å². The topological polar surface area (TPSA) is 51.0 Å². The van der Waals surface area contributed by atoms with Gasteiger partial charge in [0.05, 0.1) is 5.75 Å². The molecule has 0 atom stereocenters. The van der Waals surface area contributed by atoms with Crippen molar-refractivity contribution in [2.75, 3.05) is 12.3 Å². The maximum atomic E-state index is 12.6. The summed E-state index contributed by atoms with van der Waals surface area (Å²) in [6.07, 6.45) is 1.97. The fourth-order valence-corrected chi connectivity index (χ4v) is 4.07. The summed E-state index contributed by atoms with van der Waals surface area (Å²) in [7, 11) is 0. The van der Waals surface area contributed by atoms with Crippen LogP contribution in [0.2, 0.25) is 0 Å². The predicted molar refractivity (Wildman–Crippen MR) is 101 cm³/mol. The van der Waals surface area contributed by atoms with E-state index in [4.69, 9.17) is 0 Å². The Morgan fingerprint density at radius 2 is 2.00 bits per heavy atom. The number of carbonyl (C=O) groups is 1. The molecule has 2 aromatic rings. The number of benzene rings is 1. The third-order valence-corrected chi connectivity index (χ3v) is 5.47. The van der Waals surface area contributed by atoms with Crippen molar-refractivity contribution in [2.24, 2.45) is 0 Å². The summed E-state index contributed by atoms with van der Waals surface area (Å²) in [5.41, 5.74) is 2.63. The van der Waals surface area contributed by atoms with E-state index in [9.17, 15) is 4.79 Å². The number of rotatable bonds is 6. The second-order valence-corrected chi connectivity index (χ2v) is 7.71. The van der Waals surface area contributed by atoms with Crippen LogP contribution in [0.4, 0.5) is 0 Å². The zero-order chi connectivity index (χ0) is 17.8. The molecule has 25 heavy (non-hydrogen) atoms. The number of hydrogen-bond acceptors (Lipinski definition) is 4. The van der Waals surface area contributed by atoms with Crippen LogP contribution < -0.4 is 0 Å². The highest BCUT2D eigenvalue weighted by Crippen LogP contribution is 2.24. The number of aromatic nitrogens is 3. The third-order valence-electron chi connectivity index (χ3n) is 4.52. The lowest BCUT2D eigenvalue weighted by Crippen LogP contribution is -2.37. The molecule has 0 N–H and O–H groups in total. The van der Waals surface area contributed by atoms with Crippen LogP contribution in [0.15, 0.2) is 29.4 Å². The summed E-state index contributed by atoms with van der Waals surface area (Å²) in [6, 6.07) is 8.39. The van der Waals surface area contributed by atoms with Crippen LogP contribution in [0.3, 0.4) is 0 Å². The van der Waals surface area contributed by atoms with Gasteiger partial charge in [-0.05, 0) is 24.0 Å². The van der Waals surface area contributed by atoms with E-state index in [1.165, 1.54) is 22.9 Å². The van der Waals surface area contributed by atoms with Crippen LogP contribution in [0, 0.1) is 0 Å². The van der Waals surface area contributed by atoms with Gasteiger partial charge in [0, 0.05) is 25.6 Å². The first-order valence-corrected chi connectivity index (χ1v) is 9.99. The van der Waals surface area contributed by atoms with Gasteiger partial charge in [0.25, 0.3) is 0 Å². The zero-order valence-corrected chi connectivity index (χ0v) is 16.1. The maximum Gasteiger partial charge on any atom is 0.233 e. The molecule has 0 saturated heterocycles. The van der Waals surface area contributed by atoms with E-state index in [0.717, 1.165) is 36.9 Å². The Labute approximate surface area is 153 Å². The quantitative estimate of drug-likeness (QED) is 0.742. The molecule has 0 fully saturated rings. The van der Waals surface area contributed by atoms with E-state index in [2.05, 4.69) is 53.7 Å². The van der Waals surface area contributed by atoms with E-state index in [-0.39, 0.29) is 5.91 Å². The summed E-state index contributed by atoms with van der Waals surface area (Å²) in [4.78, 5) is 14.6. The molecule has 0 saturated carbocycles. The second-order valence-electron chi connectivity index (χ2n) is 6.77. The zero-order valence-electron chi connectivity index (χ0n) is 15.2. The molecule has 0 spiro atoms. The van der Waals surface area contributed by atoms with E-state index in [1.807, 2.05) is 11.0 Å². The molecule has 1 aromatic heterocycles. The number of amides is 1. The van der Waals surface area contributed by atoms with Crippen molar-refractivity contribution in [3.8, 4) is 0 Å². The summed E-state index contributed by atoms with van der Waals surface area (Å²) < 4.78 is 2.16. The number of carbonyl (C=O) groups excluding carboxylic acids is 1. The maximum absolute atomic E-state index is 12.6. The standard InChI is InChI=1S/C19H26N4OS/c1-4-10-23-18(14(2)3)20-21-19(23)25-13-17(24)22-11-9-15-7-5-6-8-16(15)12-22/h5-8,14H,4,9-13H2,1-3H3. The highest BCUT2D eigenvalue weighted by Gasteiger charge is 2.22. The Morgan fingerprint density at radius 1 is 1.24 bits per heavy atom. The SMILES string of the molecule is CCCn1c(SCC(=O)N2CCc3ccccc3C2)nnc1C(C)C. The lowest BCUT2D eigenvalue weighted by atomic mass is 10.00. The van der Waals surface area contributed by atoms with Crippen LogP contribution in [-0.2, 0) is 24.3 Å². The molecule has 0 bridgehead atoms. The Balaban J connectivity index is 1.63. The molecule has 0 radical (unpaired) electrons. The van der Waals surface area contributed by atoms with Gasteiger partial charge in [-0.15, -0.1) is 10.2 Å². The molecule has 0 unspecified atom stereocenters. The first kappa shape index (κ1) is 18.0. The van der Waals surface area contributed by atoms with E-state index >= 15 is 0 Å². The molecule has 1 aromatic carbocycles. The van der Waals surface area contributed by atoms with Crippen molar-refractivity contribution in [1.29, 1.82) is 0 Å². The smallest absolute Gasteiger partial charge is 0.233 e. The molecule has 0 aliphatic carbocycles. The van der Waals surface area contributed by atoms with E-state index in [0.29, 0.717) is 18.2 Å². The first-order valence-electron chi connectivity index (χ1n) is 9.00. The van der Waals surface area contributed by atoms with E-state index < -0.39 is 0 Å². The molecule has 6 heteroatoms. The molecule has 5 nitrogen and oxygen atoms in total. The van der Waals surface area contributed by atoms with Gasteiger partial charge in [-0.3, -0.25) is 4.79 Å². The average molecular weight is 359 g/mol. The fraction of sp³-hybridized carbons (Fsp3) is 0.526. The Morgan fingerprint density at radius 3 is 2.72 bits per heavy atom. The normalized spacial score (nSPS) is 14.0. The van der Waals surface area contributed by atoms with Crippen molar-refractivity contribution in [2.45, 2.75) is 57.8 Å². The molecular formula is C19H26N4OS. The van der Waals surface area contributed by atoms with Gasteiger partial charge >= 0.3 is 0 Å². The van der Waals surface area contributed by atoms with Crippen LogP contribution >= 0.6 is 11.8 Å². The van der Waals surface area contributed by atoms with Gasteiger partial charge in [0.1, 0.15) is 5.82 Å². The Hall–Kier alpha value is -1.82. The summed E-state index contributed by atoms with van der Waals surface area (Å²) in [5.74, 6) is 1.94. The Kier molecular flexibility index (Phi) is 5.78. The number of nitrogens with zero attached hydrogens (tertiary/aromatic N) is 4. The monoisotopic (exact) mass is 358 g/mol. The van der Waals surface area contributed by atoms with Crippen LogP contribution in [0.5, 0.6) is 0 Å². The summed E-state index contributed by atoms with van der Waals surface area (Å²) in [5, 5.41) is 9.49. The van der Waals surface area contributed by atoms with Crippen molar-refractivity contribution in [3.05, 3.63) is 41.2 Å². The predicted octanol–water partition coefficient (Wildman–Crippen LogP) is 3.49. The fourth-order valence-electron chi connectivity index (χ4n) is 3.19. The summed E-state index contributed by atoms with van der Waals surface area (Å²) >= 11 is 1.51. The lowest BCUT2D eigenvalue weighted by molar-refractivity contribution is -0.129. The molecule has 3 rings (SSSR count). The minimum atomic E-state index is 0.177. The molecule has 1 amide bonds. The number of fused-ring (bicyclic) bond motifs is 1. The van der Waals surface area contributed by atoms with E-state index in [1.54, 1.807) is 0 Å². The van der Waals surface area contributed by atoms with Gasteiger partial charge in [-0.1, -0.05) is 56.8 Å². The van der Waals surface area contributed by atoms with Gasteiger partial charge < -0.3 is 9.47 Å². The molecule has 1 aliphatic rings. The van der Waals surface area contributed by atoms with Crippen molar-refractivity contribution in [3.63, 3.8) is 0 Å². The number of thioether (sulfide) groups is 1. The van der Waals surface area contributed by atoms with Crippen molar-refractivity contribution < 1.29 is 4.79 Å². The Bertz CT molecular complexity index is 741. The highest BCUT2D eigenvalue weighted by molar-refractivity contribution is 7.99. The average Bonchev–Trinajstić information content (AvgIpc) is 3.02. The molecule has 1 aliphatic heterocycles.